The standard InChI is InChI=1S/C18H25ClF2N4O2.HI/c1-2-22-18(23-8-7-16(26)25-9-3-4-10-25)24-12-13-11-14(19)5-6-15(13)27-17(20)21;/h5-6,11,17H,2-4,7-10,12H2,1H3,(H2,22,23,24);1H. The Balaban J connectivity index is 0.00000392. The van der Waals surface area contributed by atoms with E-state index in [9.17, 15) is 13.6 Å². The van der Waals surface area contributed by atoms with Gasteiger partial charge in [0, 0.05) is 43.2 Å². The van der Waals surface area contributed by atoms with Crippen molar-refractivity contribution in [2.75, 3.05) is 26.2 Å². The third-order valence-electron chi connectivity index (χ3n) is 4.08. The van der Waals surface area contributed by atoms with E-state index in [2.05, 4.69) is 20.4 Å². The molecule has 1 aliphatic rings. The van der Waals surface area contributed by atoms with Crippen LogP contribution in [-0.2, 0) is 11.3 Å². The van der Waals surface area contributed by atoms with Crippen LogP contribution in [0.25, 0.3) is 0 Å². The number of hydrogen-bond acceptors (Lipinski definition) is 3. The summed E-state index contributed by atoms with van der Waals surface area (Å²) in [5, 5.41) is 6.57. The third kappa shape index (κ3) is 8.34. The third-order valence-corrected chi connectivity index (χ3v) is 4.32. The van der Waals surface area contributed by atoms with Gasteiger partial charge in [0.1, 0.15) is 5.75 Å². The molecule has 0 aliphatic carbocycles. The first-order chi connectivity index (χ1) is 13.0. The second-order valence-corrected chi connectivity index (χ2v) is 6.53. The fourth-order valence-corrected chi connectivity index (χ4v) is 3.00. The van der Waals surface area contributed by atoms with Crippen molar-refractivity contribution in [1.29, 1.82) is 0 Å². The Morgan fingerprint density at radius 2 is 2.04 bits per heavy atom. The van der Waals surface area contributed by atoms with Crippen molar-refractivity contribution in [3.63, 3.8) is 0 Å². The molecule has 0 unspecified atom stereocenters. The van der Waals surface area contributed by atoms with E-state index in [1.165, 1.54) is 12.1 Å². The summed E-state index contributed by atoms with van der Waals surface area (Å²) in [6.45, 7) is 1.83. The number of likely N-dealkylation sites (tertiary alicyclic amines) is 1. The summed E-state index contributed by atoms with van der Waals surface area (Å²) < 4.78 is 29.6. The second-order valence-electron chi connectivity index (χ2n) is 6.09. The number of aliphatic imine (C=N–C) groups is 1. The van der Waals surface area contributed by atoms with Gasteiger partial charge >= 0.3 is 6.61 Å². The van der Waals surface area contributed by atoms with Gasteiger partial charge in [-0.05, 0) is 38.0 Å². The van der Waals surface area contributed by atoms with E-state index in [0.29, 0.717) is 36.1 Å². The van der Waals surface area contributed by atoms with E-state index in [1.807, 2.05) is 11.8 Å². The fourth-order valence-electron chi connectivity index (χ4n) is 2.80. The average molecular weight is 531 g/mol. The highest BCUT2D eigenvalue weighted by molar-refractivity contribution is 14.0. The predicted octanol–water partition coefficient (Wildman–Crippen LogP) is 3.63. The first-order valence-corrected chi connectivity index (χ1v) is 9.40. The summed E-state index contributed by atoms with van der Waals surface area (Å²) in [5.41, 5.74) is 0.452. The molecule has 10 heteroatoms. The Morgan fingerprint density at radius 3 is 2.68 bits per heavy atom. The van der Waals surface area contributed by atoms with Crippen LogP contribution in [0.3, 0.4) is 0 Å². The highest BCUT2D eigenvalue weighted by Gasteiger charge is 2.17. The quantitative estimate of drug-likeness (QED) is 0.306. The van der Waals surface area contributed by atoms with Gasteiger partial charge in [-0.2, -0.15) is 8.78 Å². The SMILES string of the molecule is CCNC(=NCc1cc(Cl)ccc1OC(F)F)NCCC(=O)N1CCCC1.I. The molecule has 0 bridgehead atoms. The lowest BCUT2D eigenvalue weighted by atomic mass is 10.2. The number of carbonyl (C=O) groups is 1. The molecule has 2 rings (SSSR count). The molecule has 1 fully saturated rings. The number of alkyl halides is 2. The van der Waals surface area contributed by atoms with Gasteiger partial charge in [-0.1, -0.05) is 11.6 Å². The molecule has 0 atom stereocenters. The van der Waals surface area contributed by atoms with Crippen molar-refractivity contribution >= 4 is 47.4 Å². The van der Waals surface area contributed by atoms with Crippen molar-refractivity contribution in [3.8, 4) is 5.75 Å². The molecule has 6 nitrogen and oxygen atoms in total. The fraction of sp³-hybridized carbons (Fsp3) is 0.556. The molecule has 1 heterocycles. The van der Waals surface area contributed by atoms with E-state index in [4.69, 9.17) is 11.6 Å². The number of benzene rings is 1. The first-order valence-electron chi connectivity index (χ1n) is 9.02. The molecule has 1 aromatic rings. The molecule has 1 aliphatic heterocycles. The first kappa shape index (κ1) is 24.7. The zero-order valence-corrected chi connectivity index (χ0v) is 18.8. The number of hydrogen-bond donors (Lipinski definition) is 2. The largest absolute Gasteiger partial charge is 0.434 e. The highest BCUT2D eigenvalue weighted by atomic mass is 127. The maximum absolute atomic E-state index is 12.5. The van der Waals surface area contributed by atoms with Crippen molar-refractivity contribution < 1.29 is 18.3 Å². The molecule has 0 radical (unpaired) electrons. The topological polar surface area (TPSA) is 66.0 Å². The zero-order chi connectivity index (χ0) is 19.6. The van der Waals surface area contributed by atoms with Crippen LogP contribution in [0.2, 0.25) is 5.02 Å². The Kier molecular flexibility index (Phi) is 11.4. The van der Waals surface area contributed by atoms with Crippen LogP contribution < -0.4 is 15.4 Å². The lowest BCUT2D eigenvalue weighted by Gasteiger charge is -2.16. The maximum atomic E-state index is 12.5. The van der Waals surface area contributed by atoms with Gasteiger partial charge in [0.15, 0.2) is 5.96 Å². The minimum atomic E-state index is -2.92. The van der Waals surface area contributed by atoms with Crippen LogP contribution in [0, 0.1) is 0 Å². The molecule has 158 valence electrons. The van der Waals surface area contributed by atoms with Gasteiger partial charge in [-0.15, -0.1) is 24.0 Å². The maximum Gasteiger partial charge on any atom is 0.387 e. The summed E-state index contributed by atoms with van der Waals surface area (Å²) in [7, 11) is 0. The molecule has 2 N–H and O–H groups in total. The number of nitrogens with one attached hydrogen (secondary N) is 2. The van der Waals surface area contributed by atoms with Crippen molar-refractivity contribution in [2.45, 2.75) is 39.3 Å². The number of halogens is 4. The highest BCUT2D eigenvalue weighted by Crippen LogP contribution is 2.25. The van der Waals surface area contributed by atoms with Crippen LogP contribution in [0.15, 0.2) is 23.2 Å². The Bertz CT molecular complexity index is 658. The normalized spacial score (nSPS) is 14.0. The smallest absolute Gasteiger partial charge is 0.387 e. The minimum absolute atomic E-state index is 0. The van der Waals surface area contributed by atoms with E-state index in [-0.39, 0.29) is 42.2 Å². The van der Waals surface area contributed by atoms with Crippen LogP contribution in [0.5, 0.6) is 5.75 Å². The average Bonchev–Trinajstić information content (AvgIpc) is 3.16. The van der Waals surface area contributed by atoms with Crippen molar-refractivity contribution in [2.24, 2.45) is 4.99 Å². The van der Waals surface area contributed by atoms with E-state index >= 15 is 0 Å². The van der Waals surface area contributed by atoms with Crippen LogP contribution >= 0.6 is 35.6 Å². The molecule has 0 saturated carbocycles. The number of ether oxygens (including phenoxy) is 1. The molecule has 1 amide bonds. The monoisotopic (exact) mass is 530 g/mol. The summed E-state index contributed by atoms with van der Waals surface area (Å²) >= 11 is 5.95. The van der Waals surface area contributed by atoms with Crippen LogP contribution in [0.1, 0.15) is 31.7 Å². The Labute approximate surface area is 186 Å². The number of rotatable bonds is 8. The van der Waals surface area contributed by atoms with Crippen molar-refractivity contribution in [1.82, 2.24) is 15.5 Å². The Morgan fingerprint density at radius 1 is 1.32 bits per heavy atom. The van der Waals surface area contributed by atoms with E-state index in [0.717, 1.165) is 25.9 Å². The van der Waals surface area contributed by atoms with Gasteiger partial charge in [-0.25, -0.2) is 4.99 Å². The van der Waals surface area contributed by atoms with Gasteiger partial charge in [-0.3, -0.25) is 4.79 Å². The van der Waals surface area contributed by atoms with E-state index < -0.39 is 6.61 Å². The second kappa shape index (κ2) is 13.0. The van der Waals surface area contributed by atoms with E-state index in [1.54, 1.807) is 6.07 Å². The number of nitrogens with zero attached hydrogens (tertiary/aromatic N) is 2. The van der Waals surface area contributed by atoms with Gasteiger partial charge in [0.25, 0.3) is 0 Å². The molecule has 0 spiro atoms. The van der Waals surface area contributed by atoms with Crippen molar-refractivity contribution in [3.05, 3.63) is 28.8 Å². The molecule has 0 aromatic heterocycles. The van der Waals surface area contributed by atoms with Crippen LogP contribution in [0.4, 0.5) is 8.78 Å². The predicted molar refractivity (Wildman–Crippen MR) is 117 cm³/mol. The summed E-state index contributed by atoms with van der Waals surface area (Å²) in [6.07, 6.45) is 2.50. The minimum Gasteiger partial charge on any atom is -0.434 e. The molecule has 1 saturated heterocycles. The molecular formula is C18H26ClF2IN4O2. The lowest BCUT2D eigenvalue weighted by molar-refractivity contribution is -0.129. The summed E-state index contributed by atoms with van der Waals surface area (Å²) in [6, 6.07) is 4.43. The molecule has 28 heavy (non-hydrogen) atoms. The van der Waals surface area contributed by atoms with Crippen LogP contribution in [-0.4, -0.2) is 49.6 Å². The van der Waals surface area contributed by atoms with Gasteiger partial charge < -0.3 is 20.3 Å². The van der Waals surface area contributed by atoms with Gasteiger partial charge in [0.05, 0.1) is 6.54 Å². The molecule has 1 aromatic carbocycles. The Hall–Kier alpha value is -1.36. The number of carbonyl (C=O) groups excluding carboxylic acids is 1. The number of amides is 1. The summed E-state index contributed by atoms with van der Waals surface area (Å²) in [4.78, 5) is 18.3. The lowest BCUT2D eigenvalue weighted by Crippen LogP contribution is -2.39. The summed E-state index contributed by atoms with van der Waals surface area (Å²) in [5.74, 6) is 0.659. The van der Waals surface area contributed by atoms with Gasteiger partial charge in [0.2, 0.25) is 5.91 Å². The number of guanidine groups is 1. The molecular weight excluding hydrogens is 505 g/mol. The zero-order valence-electron chi connectivity index (χ0n) is 15.7.